The van der Waals surface area contributed by atoms with E-state index in [-0.39, 0.29) is 11.9 Å². The molecule has 0 spiro atoms. The molecule has 0 aromatic carbocycles. The number of aromatic nitrogens is 3. The summed E-state index contributed by atoms with van der Waals surface area (Å²) >= 11 is 0. The van der Waals surface area contributed by atoms with Crippen LogP contribution in [0.2, 0.25) is 0 Å². The Morgan fingerprint density at radius 1 is 1.44 bits per heavy atom. The number of aryl methyl sites for hydroxylation is 1. The lowest BCUT2D eigenvalue weighted by Crippen LogP contribution is -2.41. The summed E-state index contributed by atoms with van der Waals surface area (Å²) in [4.78, 5) is 13.7. The Morgan fingerprint density at radius 3 is 2.67 bits per heavy atom. The number of carbonyl (C=O) groups excluding carboxylic acids is 1. The number of hydrogen-bond donors (Lipinski definition) is 1. The Bertz CT molecular complexity index is 349. The van der Waals surface area contributed by atoms with Gasteiger partial charge in [-0.05, 0) is 27.2 Å². The van der Waals surface area contributed by atoms with Gasteiger partial charge in [-0.15, -0.1) is 5.10 Å². The van der Waals surface area contributed by atoms with E-state index >= 15 is 0 Å². The fourth-order valence-corrected chi connectivity index (χ4v) is 1.77. The zero-order valence-corrected chi connectivity index (χ0v) is 11.3. The predicted octanol–water partition coefficient (Wildman–Crippen LogP) is 0.676. The van der Waals surface area contributed by atoms with Crippen molar-refractivity contribution in [3.8, 4) is 0 Å². The fourth-order valence-electron chi connectivity index (χ4n) is 1.77. The van der Waals surface area contributed by atoms with Gasteiger partial charge in [0.1, 0.15) is 0 Å². The largest absolute Gasteiger partial charge is 0.392 e. The molecule has 1 aromatic heterocycles. The Balaban J connectivity index is 2.37. The summed E-state index contributed by atoms with van der Waals surface area (Å²) < 4.78 is 1.71. The van der Waals surface area contributed by atoms with Crippen LogP contribution in [0.25, 0.3) is 0 Å². The van der Waals surface area contributed by atoms with Crippen LogP contribution < -0.4 is 0 Å². The Morgan fingerprint density at radius 2 is 2.17 bits per heavy atom. The molecule has 0 aliphatic rings. The minimum Gasteiger partial charge on any atom is -0.392 e. The lowest BCUT2D eigenvalue weighted by molar-refractivity contribution is -0.134. The Kier molecular flexibility index (Phi) is 5.77. The van der Waals surface area contributed by atoms with Crippen molar-refractivity contribution in [1.29, 1.82) is 0 Å². The van der Waals surface area contributed by atoms with E-state index in [1.807, 2.05) is 13.8 Å². The van der Waals surface area contributed by atoms with E-state index in [0.717, 1.165) is 6.42 Å². The molecule has 1 rings (SSSR count). The molecule has 18 heavy (non-hydrogen) atoms. The summed E-state index contributed by atoms with van der Waals surface area (Å²) in [5, 5.41) is 16.9. The molecular formula is C12H22N4O2. The molecule has 1 aromatic rings. The molecule has 0 bridgehead atoms. The molecule has 0 aliphatic heterocycles. The minimum atomic E-state index is -0.494. The molecule has 0 fully saturated rings. The van der Waals surface area contributed by atoms with Crippen LogP contribution in [0.4, 0.5) is 0 Å². The van der Waals surface area contributed by atoms with E-state index < -0.39 is 6.10 Å². The number of aliphatic hydroxyl groups excluding tert-OH is 1. The summed E-state index contributed by atoms with van der Waals surface area (Å²) in [6.45, 7) is 6.68. The first-order chi connectivity index (χ1) is 8.50. The van der Waals surface area contributed by atoms with Crippen molar-refractivity contribution >= 4 is 5.91 Å². The van der Waals surface area contributed by atoms with Crippen LogP contribution in [0.15, 0.2) is 12.4 Å². The van der Waals surface area contributed by atoms with Gasteiger partial charge in [-0.25, -0.2) is 0 Å². The lowest BCUT2D eigenvalue weighted by atomic mass is 10.2. The molecule has 1 heterocycles. The van der Waals surface area contributed by atoms with Gasteiger partial charge in [-0.1, -0.05) is 5.21 Å². The zero-order chi connectivity index (χ0) is 13.5. The summed E-state index contributed by atoms with van der Waals surface area (Å²) in [5.41, 5.74) is 0. The van der Waals surface area contributed by atoms with Crippen molar-refractivity contribution < 1.29 is 9.90 Å². The molecule has 6 heteroatoms. The van der Waals surface area contributed by atoms with Crippen molar-refractivity contribution in [3.05, 3.63) is 12.4 Å². The highest BCUT2D eigenvalue weighted by molar-refractivity contribution is 5.76. The monoisotopic (exact) mass is 254 g/mol. The van der Waals surface area contributed by atoms with Gasteiger partial charge in [-0.2, -0.15) is 0 Å². The standard InChI is InChI=1S/C12H22N4O2/c1-10(2)16(9-11(3)17)12(18)5-4-7-15-8-6-13-14-15/h6,8,10-11,17H,4-5,7,9H2,1-3H3. The number of amides is 1. The second-order valence-electron chi connectivity index (χ2n) is 4.76. The third-order valence-electron chi connectivity index (χ3n) is 2.65. The van der Waals surface area contributed by atoms with E-state index in [9.17, 15) is 9.90 Å². The van der Waals surface area contributed by atoms with Crippen LogP contribution in [0, 0.1) is 0 Å². The molecule has 0 saturated carbocycles. The average Bonchev–Trinajstić information content (AvgIpc) is 2.78. The SMILES string of the molecule is CC(O)CN(C(=O)CCCn1ccnn1)C(C)C. The van der Waals surface area contributed by atoms with Gasteiger partial charge in [0, 0.05) is 31.7 Å². The van der Waals surface area contributed by atoms with Gasteiger partial charge >= 0.3 is 0 Å². The van der Waals surface area contributed by atoms with E-state index in [2.05, 4.69) is 10.3 Å². The van der Waals surface area contributed by atoms with E-state index in [0.29, 0.717) is 19.5 Å². The molecule has 1 amide bonds. The van der Waals surface area contributed by atoms with Crippen molar-refractivity contribution in [2.45, 2.75) is 52.3 Å². The fraction of sp³-hybridized carbons (Fsp3) is 0.750. The number of rotatable bonds is 7. The van der Waals surface area contributed by atoms with Gasteiger partial charge in [0.05, 0.1) is 12.3 Å². The third kappa shape index (κ3) is 4.83. The molecular weight excluding hydrogens is 232 g/mol. The Labute approximate surface area is 108 Å². The maximum Gasteiger partial charge on any atom is 0.222 e. The third-order valence-corrected chi connectivity index (χ3v) is 2.65. The van der Waals surface area contributed by atoms with E-state index in [4.69, 9.17) is 0 Å². The number of nitrogens with zero attached hydrogens (tertiary/aromatic N) is 4. The van der Waals surface area contributed by atoms with Crippen LogP contribution in [0.5, 0.6) is 0 Å². The normalized spacial score (nSPS) is 12.7. The predicted molar refractivity (Wildman–Crippen MR) is 67.8 cm³/mol. The summed E-state index contributed by atoms with van der Waals surface area (Å²) in [7, 11) is 0. The van der Waals surface area contributed by atoms with Crippen molar-refractivity contribution in [3.63, 3.8) is 0 Å². The van der Waals surface area contributed by atoms with Gasteiger partial charge in [0.15, 0.2) is 0 Å². The second-order valence-corrected chi connectivity index (χ2v) is 4.76. The first-order valence-electron chi connectivity index (χ1n) is 6.32. The highest BCUT2D eigenvalue weighted by atomic mass is 16.3. The smallest absolute Gasteiger partial charge is 0.222 e. The first-order valence-corrected chi connectivity index (χ1v) is 6.32. The summed E-state index contributed by atoms with van der Waals surface area (Å²) in [6.07, 6.45) is 4.10. The van der Waals surface area contributed by atoms with E-state index in [1.54, 1.807) is 28.9 Å². The maximum absolute atomic E-state index is 12.0. The van der Waals surface area contributed by atoms with E-state index in [1.165, 1.54) is 0 Å². The highest BCUT2D eigenvalue weighted by Gasteiger charge is 2.18. The zero-order valence-electron chi connectivity index (χ0n) is 11.3. The Hall–Kier alpha value is -1.43. The summed E-state index contributed by atoms with van der Waals surface area (Å²) in [6, 6.07) is 0.110. The molecule has 6 nitrogen and oxygen atoms in total. The molecule has 0 saturated heterocycles. The van der Waals surface area contributed by atoms with Crippen LogP contribution >= 0.6 is 0 Å². The highest BCUT2D eigenvalue weighted by Crippen LogP contribution is 2.06. The van der Waals surface area contributed by atoms with Crippen molar-refractivity contribution in [2.24, 2.45) is 0 Å². The topological polar surface area (TPSA) is 71.2 Å². The molecule has 1 N–H and O–H groups in total. The lowest BCUT2D eigenvalue weighted by Gasteiger charge is -2.28. The van der Waals surface area contributed by atoms with Gasteiger partial charge in [0.25, 0.3) is 0 Å². The molecule has 1 unspecified atom stereocenters. The molecule has 1 atom stereocenters. The van der Waals surface area contributed by atoms with Gasteiger partial charge < -0.3 is 10.0 Å². The van der Waals surface area contributed by atoms with Gasteiger partial charge in [0.2, 0.25) is 5.91 Å². The van der Waals surface area contributed by atoms with Crippen molar-refractivity contribution in [1.82, 2.24) is 19.9 Å². The summed E-state index contributed by atoms with van der Waals surface area (Å²) in [5.74, 6) is 0.0750. The van der Waals surface area contributed by atoms with Gasteiger partial charge in [-0.3, -0.25) is 9.48 Å². The first kappa shape index (κ1) is 14.6. The minimum absolute atomic E-state index is 0.0750. The second kappa shape index (κ2) is 7.10. The molecule has 102 valence electrons. The quantitative estimate of drug-likeness (QED) is 0.776. The number of carbonyl (C=O) groups is 1. The average molecular weight is 254 g/mol. The van der Waals surface area contributed by atoms with Crippen LogP contribution in [-0.2, 0) is 11.3 Å². The number of hydrogen-bond acceptors (Lipinski definition) is 4. The molecule has 0 radical (unpaired) electrons. The number of aliphatic hydroxyl groups is 1. The van der Waals surface area contributed by atoms with Crippen molar-refractivity contribution in [2.75, 3.05) is 6.54 Å². The van der Waals surface area contributed by atoms with Crippen LogP contribution in [0.3, 0.4) is 0 Å². The van der Waals surface area contributed by atoms with Crippen LogP contribution in [-0.4, -0.2) is 49.6 Å². The molecule has 0 aliphatic carbocycles. The van der Waals surface area contributed by atoms with Crippen LogP contribution in [0.1, 0.15) is 33.6 Å². The maximum atomic E-state index is 12.0.